The number of nitro benzene ring substituents is 1. The number of nitrogens with one attached hydrogen (secondary N) is 2. The average molecular weight is 419 g/mol. The minimum absolute atomic E-state index is 0.0234. The highest BCUT2D eigenvalue weighted by Crippen LogP contribution is 2.26. The lowest BCUT2D eigenvalue weighted by molar-refractivity contribution is -0.385. The number of carbonyl (C=O) groups excluding carboxylic acids is 1. The van der Waals surface area contributed by atoms with E-state index in [1.807, 2.05) is 29.6 Å². The number of nitrogens with zero attached hydrogens (tertiary/aromatic N) is 2. The molecule has 1 heterocycles. The Morgan fingerprint density at radius 1 is 1.16 bits per heavy atom. The van der Waals surface area contributed by atoms with Gasteiger partial charge in [-0.25, -0.2) is 4.98 Å². The Bertz CT molecular complexity index is 927. The molecule has 0 saturated heterocycles. The molecule has 3 aromatic rings. The van der Waals surface area contributed by atoms with Crippen molar-refractivity contribution in [2.75, 3.05) is 5.43 Å². The highest BCUT2D eigenvalue weighted by Gasteiger charge is 2.19. The Labute approximate surface area is 155 Å². The van der Waals surface area contributed by atoms with Crippen molar-refractivity contribution >= 4 is 44.0 Å². The van der Waals surface area contributed by atoms with Gasteiger partial charge < -0.3 is 0 Å². The molecule has 0 bridgehead atoms. The van der Waals surface area contributed by atoms with E-state index < -0.39 is 10.8 Å². The van der Waals surface area contributed by atoms with Gasteiger partial charge in [-0.1, -0.05) is 40.2 Å². The number of aromatic nitrogens is 1. The second-order valence-corrected chi connectivity index (χ2v) is 6.67. The summed E-state index contributed by atoms with van der Waals surface area (Å²) in [5.41, 5.74) is 6.55. The highest BCUT2D eigenvalue weighted by molar-refractivity contribution is 9.10. The largest absolute Gasteiger partial charge is 0.282 e. The molecule has 0 aliphatic rings. The predicted molar refractivity (Wildman–Crippen MR) is 99.4 cm³/mol. The van der Waals surface area contributed by atoms with Gasteiger partial charge in [0.15, 0.2) is 0 Å². The Hall–Kier alpha value is -2.78. The molecule has 7 nitrogen and oxygen atoms in total. The third kappa shape index (κ3) is 4.01. The topological polar surface area (TPSA) is 97.2 Å². The quantitative estimate of drug-likeness (QED) is 0.476. The molecule has 3 rings (SSSR count). The Morgan fingerprint density at radius 2 is 1.88 bits per heavy atom. The first-order chi connectivity index (χ1) is 12.0. The number of benzene rings is 2. The standard InChI is InChI=1S/C16H11BrN4O3S/c17-11-7-5-10(6-8-11)13-9-25-16(18-13)20-19-15(22)12-3-1-2-4-14(12)21(23)24/h1-9H,(H,18,20)(H,19,22). The van der Waals surface area contributed by atoms with E-state index in [4.69, 9.17) is 0 Å². The summed E-state index contributed by atoms with van der Waals surface area (Å²) in [5.74, 6) is -0.604. The van der Waals surface area contributed by atoms with Crippen LogP contribution in [-0.2, 0) is 0 Å². The number of hydrogen-bond donors (Lipinski definition) is 2. The molecule has 0 saturated carbocycles. The molecule has 0 atom stereocenters. The Balaban J connectivity index is 1.69. The minimum atomic E-state index is -0.604. The second kappa shape index (κ2) is 7.41. The van der Waals surface area contributed by atoms with Gasteiger partial charge in [0.05, 0.1) is 10.6 Å². The molecular formula is C16H11BrN4O3S. The van der Waals surface area contributed by atoms with Crippen LogP contribution in [0, 0.1) is 10.1 Å². The maximum atomic E-state index is 12.2. The number of para-hydroxylation sites is 1. The van der Waals surface area contributed by atoms with Gasteiger partial charge in [0, 0.05) is 21.5 Å². The first-order valence-corrected chi connectivity index (χ1v) is 8.73. The fraction of sp³-hybridized carbons (Fsp3) is 0. The van der Waals surface area contributed by atoms with E-state index in [1.54, 1.807) is 6.07 Å². The number of anilines is 1. The third-order valence-corrected chi connectivity index (χ3v) is 4.56. The van der Waals surface area contributed by atoms with Crippen LogP contribution in [0.2, 0.25) is 0 Å². The molecule has 0 aliphatic heterocycles. The predicted octanol–water partition coefficient (Wildman–Crippen LogP) is 4.24. The summed E-state index contributed by atoms with van der Waals surface area (Å²) in [5, 5.41) is 13.3. The summed E-state index contributed by atoms with van der Waals surface area (Å²) < 4.78 is 0.974. The molecule has 25 heavy (non-hydrogen) atoms. The van der Waals surface area contributed by atoms with Crippen LogP contribution in [0.1, 0.15) is 10.4 Å². The van der Waals surface area contributed by atoms with E-state index in [1.165, 1.54) is 29.5 Å². The van der Waals surface area contributed by atoms with Crippen molar-refractivity contribution in [3.8, 4) is 11.3 Å². The van der Waals surface area contributed by atoms with E-state index in [2.05, 4.69) is 31.8 Å². The Kier molecular flexibility index (Phi) is 5.05. The maximum absolute atomic E-state index is 12.2. The van der Waals surface area contributed by atoms with Crippen molar-refractivity contribution in [1.29, 1.82) is 0 Å². The van der Waals surface area contributed by atoms with Crippen LogP contribution in [0.25, 0.3) is 11.3 Å². The van der Waals surface area contributed by atoms with Crippen LogP contribution in [0.4, 0.5) is 10.8 Å². The maximum Gasteiger partial charge on any atom is 0.282 e. The minimum Gasteiger partial charge on any atom is -0.273 e. The lowest BCUT2D eigenvalue weighted by Crippen LogP contribution is -2.29. The van der Waals surface area contributed by atoms with Crippen molar-refractivity contribution in [1.82, 2.24) is 10.4 Å². The molecule has 1 aromatic heterocycles. The molecule has 126 valence electrons. The number of thiazole rings is 1. The van der Waals surface area contributed by atoms with E-state index in [0.717, 1.165) is 15.7 Å². The van der Waals surface area contributed by atoms with Gasteiger partial charge in [-0.2, -0.15) is 0 Å². The van der Waals surface area contributed by atoms with Crippen LogP contribution in [0.5, 0.6) is 0 Å². The number of hydrogen-bond acceptors (Lipinski definition) is 6. The molecule has 0 spiro atoms. The monoisotopic (exact) mass is 418 g/mol. The highest BCUT2D eigenvalue weighted by atomic mass is 79.9. The van der Waals surface area contributed by atoms with E-state index in [0.29, 0.717) is 5.13 Å². The molecule has 9 heteroatoms. The third-order valence-electron chi connectivity index (χ3n) is 3.27. The van der Waals surface area contributed by atoms with Crippen LogP contribution < -0.4 is 10.9 Å². The number of hydrazine groups is 1. The van der Waals surface area contributed by atoms with E-state index in [9.17, 15) is 14.9 Å². The normalized spacial score (nSPS) is 10.3. The lowest BCUT2D eigenvalue weighted by Gasteiger charge is -2.06. The van der Waals surface area contributed by atoms with Crippen LogP contribution in [-0.4, -0.2) is 15.8 Å². The Morgan fingerprint density at radius 3 is 2.60 bits per heavy atom. The number of rotatable bonds is 5. The average Bonchev–Trinajstić information content (AvgIpc) is 3.09. The molecule has 2 N–H and O–H groups in total. The summed E-state index contributed by atoms with van der Waals surface area (Å²) in [6, 6.07) is 13.4. The van der Waals surface area contributed by atoms with Gasteiger partial charge >= 0.3 is 0 Å². The van der Waals surface area contributed by atoms with Crippen LogP contribution in [0.3, 0.4) is 0 Å². The van der Waals surface area contributed by atoms with Gasteiger partial charge in [-0.15, -0.1) is 11.3 Å². The van der Waals surface area contributed by atoms with Gasteiger partial charge in [0.1, 0.15) is 5.56 Å². The van der Waals surface area contributed by atoms with Crippen molar-refractivity contribution < 1.29 is 9.72 Å². The fourth-order valence-electron chi connectivity index (χ4n) is 2.09. The summed E-state index contributed by atoms with van der Waals surface area (Å²) in [6.07, 6.45) is 0. The summed E-state index contributed by atoms with van der Waals surface area (Å²) >= 11 is 4.69. The van der Waals surface area contributed by atoms with Crippen LogP contribution in [0.15, 0.2) is 58.4 Å². The second-order valence-electron chi connectivity index (χ2n) is 4.90. The smallest absolute Gasteiger partial charge is 0.273 e. The number of amides is 1. The summed E-state index contributed by atoms with van der Waals surface area (Å²) in [6.45, 7) is 0. The van der Waals surface area contributed by atoms with Gasteiger partial charge in [0.2, 0.25) is 5.13 Å². The number of halogens is 1. The summed E-state index contributed by atoms with van der Waals surface area (Å²) in [7, 11) is 0. The lowest BCUT2D eigenvalue weighted by atomic mass is 10.2. The van der Waals surface area contributed by atoms with Crippen LogP contribution >= 0.6 is 27.3 Å². The molecule has 0 radical (unpaired) electrons. The van der Waals surface area contributed by atoms with Crippen molar-refractivity contribution in [3.63, 3.8) is 0 Å². The zero-order valence-corrected chi connectivity index (χ0v) is 15.0. The molecular weight excluding hydrogens is 408 g/mol. The van der Waals surface area contributed by atoms with Crippen molar-refractivity contribution in [2.24, 2.45) is 0 Å². The van der Waals surface area contributed by atoms with Gasteiger partial charge in [-0.3, -0.25) is 25.8 Å². The zero-order valence-electron chi connectivity index (χ0n) is 12.6. The molecule has 0 aliphatic carbocycles. The van der Waals surface area contributed by atoms with Gasteiger partial charge in [0.25, 0.3) is 11.6 Å². The van der Waals surface area contributed by atoms with E-state index >= 15 is 0 Å². The van der Waals surface area contributed by atoms with Crippen molar-refractivity contribution in [3.05, 3.63) is 74.1 Å². The first-order valence-electron chi connectivity index (χ1n) is 7.06. The SMILES string of the molecule is O=C(NNc1nc(-c2ccc(Br)cc2)cs1)c1ccccc1[N+](=O)[O-]. The molecule has 2 aromatic carbocycles. The van der Waals surface area contributed by atoms with E-state index in [-0.39, 0.29) is 11.3 Å². The zero-order chi connectivity index (χ0) is 17.8. The fourth-order valence-corrected chi connectivity index (χ4v) is 3.02. The molecule has 0 unspecified atom stereocenters. The number of nitro groups is 1. The summed E-state index contributed by atoms with van der Waals surface area (Å²) in [4.78, 5) is 26.9. The van der Waals surface area contributed by atoms with Gasteiger partial charge in [-0.05, 0) is 18.2 Å². The molecule has 1 amide bonds. The number of carbonyl (C=O) groups is 1. The first kappa shape index (κ1) is 17.1. The van der Waals surface area contributed by atoms with Crippen molar-refractivity contribution in [2.45, 2.75) is 0 Å². The molecule has 0 fully saturated rings.